The van der Waals surface area contributed by atoms with Crippen LogP contribution in [0.15, 0.2) is 12.2 Å². The van der Waals surface area contributed by atoms with Crippen molar-refractivity contribution >= 4 is 5.91 Å². The van der Waals surface area contributed by atoms with E-state index >= 15 is 0 Å². The van der Waals surface area contributed by atoms with Crippen molar-refractivity contribution in [3.63, 3.8) is 0 Å². The molecule has 80 heavy (non-hydrogen) atoms. The summed E-state index contributed by atoms with van der Waals surface area (Å²) in [5, 5.41) is 87.2. The van der Waals surface area contributed by atoms with E-state index in [1.165, 1.54) is 244 Å². The monoisotopic (exact) mass is 1140 g/mol. The van der Waals surface area contributed by atoms with Gasteiger partial charge in [-0.2, -0.15) is 0 Å². The highest BCUT2D eigenvalue weighted by Gasteiger charge is 2.51. The fourth-order valence-corrected chi connectivity index (χ4v) is 11.5. The van der Waals surface area contributed by atoms with Gasteiger partial charge < -0.3 is 65.1 Å². The number of carbonyl (C=O) groups is 1. The van der Waals surface area contributed by atoms with E-state index in [1.807, 2.05) is 6.08 Å². The first-order valence-corrected chi connectivity index (χ1v) is 33.9. The predicted molar refractivity (Wildman–Crippen MR) is 323 cm³/mol. The van der Waals surface area contributed by atoms with Crippen LogP contribution in [0.25, 0.3) is 0 Å². The lowest BCUT2D eigenvalue weighted by Crippen LogP contribution is -2.65. The van der Waals surface area contributed by atoms with Gasteiger partial charge in [0.05, 0.1) is 32.0 Å². The number of hydrogen-bond donors (Lipinski definition) is 9. The van der Waals surface area contributed by atoms with Crippen molar-refractivity contribution in [2.75, 3.05) is 19.8 Å². The van der Waals surface area contributed by atoms with Crippen molar-refractivity contribution < 1.29 is 64.6 Å². The van der Waals surface area contributed by atoms with Gasteiger partial charge in [-0.05, 0) is 19.3 Å². The summed E-state index contributed by atoms with van der Waals surface area (Å²) < 4.78 is 22.8. The molecule has 4 unspecified atom stereocenters. The van der Waals surface area contributed by atoms with Crippen LogP contribution in [0.5, 0.6) is 0 Å². The van der Waals surface area contributed by atoms with Crippen LogP contribution in [0.2, 0.25) is 0 Å². The molecule has 12 atom stereocenters. The zero-order valence-corrected chi connectivity index (χ0v) is 51.4. The first-order chi connectivity index (χ1) is 39.1. The lowest BCUT2D eigenvalue weighted by molar-refractivity contribution is -0.359. The third-order valence-electron chi connectivity index (χ3n) is 17.0. The van der Waals surface area contributed by atoms with Gasteiger partial charge in [0.2, 0.25) is 5.91 Å². The molecule has 0 bridgehead atoms. The molecule has 0 saturated carbocycles. The standard InChI is InChI=1S/C66H127NO13/c1-3-5-7-9-11-13-15-17-19-20-21-22-23-24-25-26-27-28-29-30-31-32-33-34-36-38-40-42-44-46-48-50-58(71)67-54(55(70)49-47-45-43-41-39-37-35-18-16-14-12-10-8-6-4-2)53-77-65-63(76)61(74)64(57(52-69)79-65)80-66-62(75)60(73)59(72)56(51-68)78-66/h47,49,54-57,59-66,68-70,72-76H,3-46,48,50-53H2,1-2H3,(H,67,71)/b49-47+/t54-,55+,56+,57+,59-,60?,61?,62?,63?,64+,65+,66-/m0/s1. The summed E-state index contributed by atoms with van der Waals surface area (Å²) in [4.78, 5) is 13.3. The van der Waals surface area contributed by atoms with Gasteiger partial charge in [0.1, 0.15) is 48.8 Å². The molecule has 1 amide bonds. The van der Waals surface area contributed by atoms with Crippen LogP contribution in [-0.4, -0.2) is 140 Å². The van der Waals surface area contributed by atoms with Gasteiger partial charge >= 0.3 is 0 Å². The number of unbranched alkanes of at least 4 members (excludes halogenated alkanes) is 43. The van der Waals surface area contributed by atoms with Gasteiger partial charge in [0, 0.05) is 6.42 Å². The molecule has 14 heteroatoms. The SMILES string of the molecule is CCCCCCCCCCCCCCC/C=C/[C@@H](O)[C@H](CO[C@@H]1O[C@H](CO)[C@@H](O[C@@H]2O[C@H](CO)[C@H](O)C(O)C2O)C(O)C1O)NC(=O)CCCCCCCCCCCCCCCCCCCCCCCCCCCCCCCCC. The summed E-state index contributed by atoms with van der Waals surface area (Å²) in [6.45, 7) is 2.84. The molecule has 0 aromatic heterocycles. The number of rotatable bonds is 56. The first-order valence-electron chi connectivity index (χ1n) is 33.9. The van der Waals surface area contributed by atoms with Crippen LogP contribution in [0.3, 0.4) is 0 Å². The van der Waals surface area contributed by atoms with Gasteiger partial charge in [-0.25, -0.2) is 0 Å². The third kappa shape index (κ3) is 36.5. The second-order valence-electron chi connectivity index (χ2n) is 24.3. The van der Waals surface area contributed by atoms with E-state index < -0.39 is 86.8 Å². The Morgan fingerprint density at radius 3 is 1.15 bits per heavy atom. The molecular formula is C66H127NO13. The van der Waals surface area contributed by atoms with Crippen molar-refractivity contribution in [3.8, 4) is 0 Å². The van der Waals surface area contributed by atoms with Crippen LogP contribution in [0, 0.1) is 0 Å². The van der Waals surface area contributed by atoms with Crippen molar-refractivity contribution in [1.29, 1.82) is 0 Å². The second-order valence-corrected chi connectivity index (χ2v) is 24.3. The van der Waals surface area contributed by atoms with E-state index in [9.17, 15) is 45.6 Å². The summed E-state index contributed by atoms with van der Waals surface area (Å²) in [6.07, 6.45) is 45.6. The highest BCUT2D eigenvalue weighted by molar-refractivity contribution is 5.76. The van der Waals surface area contributed by atoms with E-state index in [4.69, 9.17) is 18.9 Å². The Morgan fingerprint density at radius 1 is 0.438 bits per heavy atom. The Morgan fingerprint density at radius 2 is 0.775 bits per heavy atom. The molecule has 2 aliphatic heterocycles. The van der Waals surface area contributed by atoms with Crippen molar-refractivity contribution in [2.24, 2.45) is 0 Å². The van der Waals surface area contributed by atoms with Gasteiger partial charge in [-0.1, -0.05) is 296 Å². The molecule has 0 aromatic rings. The zero-order chi connectivity index (χ0) is 58.1. The topological polar surface area (TPSA) is 228 Å². The molecule has 2 rings (SSSR count). The van der Waals surface area contributed by atoms with Crippen molar-refractivity contribution in [1.82, 2.24) is 5.32 Å². The minimum Gasteiger partial charge on any atom is -0.394 e. The maximum Gasteiger partial charge on any atom is 0.220 e. The molecule has 9 N–H and O–H groups in total. The number of aliphatic hydroxyl groups excluding tert-OH is 8. The van der Waals surface area contributed by atoms with E-state index in [0.717, 1.165) is 38.5 Å². The van der Waals surface area contributed by atoms with Gasteiger partial charge in [-0.15, -0.1) is 0 Å². The lowest BCUT2D eigenvalue weighted by atomic mass is 9.97. The lowest BCUT2D eigenvalue weighted by Gasteiger charge is -2.46. The average molecular weight is 1140 g/mol. The molecule has 2 aliphatic rings. The zero-order valence-electron chi connectivity index (χ0n) is 51.4. The Bertz CT molecular complexity index is 1390. The van der Waals surface area contributed by atoms with Crippen LogP contribution in [0.4, 0.5) is 0 Å². The Labute approximate surface area is 488 Å². The molecule has 14 nitrogen and oxygen atoms in total. The third-order valence-corrected chi connectivity index (χ3v) is 17.0. The van der Waals surface area contributed by atoms with Crippen LogP contribution < -0.4 is 5.32 Å². The van der Waals surface area contributed by atoms with Crippen LogP contribution >= 0.6 is 0 Å². The van der Waals surface area contributed by atoms with Gasteiger partial charge in [-0.3, -0.25) is 4.79 Å². The number of aliphatic hydroxyl groups is 8. The highest BCUT2D eigenvalue weighted by atomic mass is 16.7. The summed E-state index contributed by atoms with van der Waals surface area (Å²) in [5.41, 5.74) is 0. The maximum absolute atomic E-state index is 13.3. The van der Waals surface area contributed by atoms with E-state index in [0.29, 0.717) is 6.42 Å². The molecular weight excluding hydrogens is 1010 g/mol. The molecule has 2 saturated heterocycles. The fraction of sp³-hybridized carbons (Fsp3) is 0.955. The van der Waals surface area contributed by atoms with Gasteiger partial charge in [0.25, 0.3) is 0 Å². The number of allylic oxidation sites excluding steroid dienone is 1. The average Bonchev–Trinajstić information content (AvgIpc) is 3.46. The molecule has 2 heterocycles. The Kier molecular flexibility index (Phi) is 48.7. The summed E-state index contributed by atoms with van der Waals surface area (Å²) in [7, 11) is 0. The number of carbonyl (C=O) groups excluding carboxylic acids is 1. The summed E-state index contributed by atoms with van der Waals surface area (Å²) >= 11 is 0. The predicted octanol–water partition coefficient (Wildman–Crippen LogP) is 13.0. The first kappa shape index (κ1) is 74.8. The number of hydrogen-bond acceptors (Lipinski definition) is 13. The number of amides is 1. The maximum atomic E-state index is 13.3. The molecule has 0 spiro atoms. The summed E-state index contributed by atoms with van der Waals surface area (Å²) in [5.74, 6) is -0.232. The van der Waals surface area contributed by atoms with E-state index in [2.05, 4.69) is 19.2 Å². The van der Waals surface area contributed by atoms with Gasteiger partial charge in [0.15, 0.2) is 12.6 Å². The fourth-order valence-electron chi connectivity index (χ4n) is 11.5. The molecule has 0 radical (unpaired) electrons. The second kappa shape index (κ2) is 52.1. The number of ether oxygens (including phenoxy) is 4. The molecule has 0 aromatic carbocycles. The van der Waals surface area contributed by atoms with E-state index in [1.54, 1.807) is 6.08 Å². The highest BCUT2D eigenvalue weighted by Crippen LogP contribution is 2.30. The normalized spacial score (nSPS) is 24.2. The minimum atomic E-state index is -1.79. The largest absolute Gasteiger partial charge is 0.394 e. The van der Waals surface area contributed by atoms with Crippen molar-refractivity contribution in [3.05, 3.63) is 12.2 Å². The Balaban J connectivity index is 1.63. The molecule has 0 aliphatic carbocycles. The summed E-state index contributed by atoms with van der Waals surface area (Å²) in [6, 6.07) is -0.910. The molecule has 2 fully saturated rings. The number of nitrogens with one attached hydrogen (secondary N) is 1. The smallest absolute Gasteiger partial charge is 0.220 e. The van der Waals surface area contributed by atoms with Crippen LogP contribution in [0.1, 0.15) is 309 Å². The Hall–Kier alpha value is -1.27. The molecule has 474 valence electrons. The quantitative estimate of drug-likeness (QED) is 0.0204. The minimum absolute atomic E-state index is 0.232. The van der Waals surface area contributed by atoms with Crippen molar-refractivity contribution in [2.45, 2.75) is 383 Å². The van der Waals surface area contributed by atoms with Crippen LogP contribution in [-0.2, 0) is 23.7 Å². The van der Waals surface area contributed by atoms with E-state index in [-0.39, 0.29) is 18.9 Å².